The molecule has 0 saturated carbocycles. The highest BCUT2D eigenvalue weighted by molar-refractivity contribution is 7.07. The number of aryl methyl sites for hydroxylation is 1. The van der Waals surface area contributed by atoms with Crippen molar-refractivity contribution in [1.82, 2.24) is 14.3 Å². The van der Waals surface area contributed by atoms with Gasteiger partial charge in [-0.05, 0) is 61.6 Å². The topological polar surface area (TPSA) is 50.6 Å². The van der Waals surface area contributed by atoms with Gasteiger partial charge in [-0.25, -0.2) is 9.38 Å². The van der Waals surface area contributed by atoms with Crippen molar-refractivity contribution < 1.29 is 9.13 Å². The van der Waals surface area contributed by atoms with E-state index < -0.39 is 0 Å². The lowest BCUT2D eigenvalue weighted by Gasteiger charge is -2.23. The Morgan fingerprint density at radius 2 is 1.90 bits per heavy atom. The zero-order chi connectivity index (χ0) is 21.6. The zero-order valence-corrected chi connectivity index (χ0v) is 18.7. The SMILES string of the molecule is Cc1cc(/N=C\N2CCCCC2)c(Cl)cc1Oc1nc(/C=C/c2ccc(F)cc2)ns1. The van der Waals surface area contributed by atoms with E-state index in [9.17, 15) is 4.39 Å². The minimum absolute atomic E-state index is 0.267. The normalized spacial score (nSPS) is 14.6. The largest absolute Gasteiger partial charge is 0.430 e. The quantitative estimate of drug-likeness (QED) is 0.304. The van der Waals surface area contributed by atoms with Crippen LogP contribution in [0.5, 0.6) is 10.9 Å². The van der Waals surface area contributed by atoms with E-state index in [1.165, 1.54) is 31.4 Å². The minimum Gasteiger partial charge on any atom is -0.430 e. The maximum atomic E-state index is 13.0. The van der Waals surface area contributed by atoms with Gasteiger partial charge in [0.15, 0.2) is 5.82 Å². The van der Waals surface area contributed by atoms with Crippen molar-refractivity contribution in [2.75, 3.05) is 13.1 Å². The maximum Gasteiger partial charge on any atom is 0.299 e. The van der Waals surface area contributed by atoms with E-state index in [4.69, 9.17) is 16.3 Å². The molecule has 160 valence electrons. The molecule has 2 heterocycles. The molecule has 1 aliphatic rings. The summed E-state index contributed by atoms with van der Waals surface area (Å²) in [7, 11) is 0. The van der Waals surface area contributed by atoms with Gasteiger partial charge in [0.2, 0.25) is 0 Å². The summed E-state index contributed by atoms with van der Waals surface area (Å²) in [6.45, 7) is 4.02. The molecule has 4 rings (SSSR count). The molecule has 1 fully saturated rings. The van der Waals surface area contributed by atoms with E-state index in [2.05, 4.69) is 19.2 Å². The van der Waals surface area contributed by atoms with Crippen LogP contribution in [0.1, 0.15) is 36.2 Å². The molecule has 3 aromatic rings. The van der Waals surface area contributed by atoms with Gasteiger partial charge in [0, 0.05) is 30.7 Å². The molecule has 1 aliphatic heterocycles. The van der Waals surface area contributed by atoms with Crippen molar-refractivity contribution in [3.05, 3.63) is 64.2 Å². The van der Waals surface area contributed by atoms with Crippen LogP contribution in [0.3, 0.4) is 0 Å². The van der Waals surface area contributed by atoms with Crippen LogP contribution in [0.4, 0.5) is 10.1 Å². The maximum absolute atomic E-state index is 13.0. The van der Waals surface area contributed by atoms with E-state index >= 15 is 0 Å². The number of nitrogens with zero attached hydrogens (tertiary/aromatic N) is 4. The number of hydrogen-bond acceptors (Lipinski definition) is 5. The van der Waals surface area contributed by atoms with E-state index in [0.29, 0.717) is 21.8 Å². The summed E-state index contributed by atoms with van der Waals surface area (Å²) in [5, 5.41) is 0.942. The van der Waals surface area contributed by atoms with E-state index in [1.54, 1.807) is 24.3 Å². The van der Waals surface area contributed by atoms with Gasteiger partial charge in [0.1, 0.15) is 11.6 Å². The van der Waals surface area contributed by atoms with Crippen LogP contribution in [0.2, 0.25) is 5.02 Å². The highest BCUT2D eigenvalue weighted by Gasteiger charge is 2.11. The molecule has 2 aromatic carbocycles. The lowest BCUT2D eigenvalue weighted by molar-refractivity contribution is 0.351. The Kier molecular flexibility index (Phi) is 6.94. The van der Waals surface area contributed by atoms with Gasteiger partial charge in [-0.1, -0.05) is 29.8 Å². The third kappa shape index (κ3) is 5.89. The number of ether oxygens (including phenoxy) is 1. The third-order valence-corrected chi connectivity index (χ3v) is 5.82. The van der Waals surface area contributed by atoms with Gasteiger partial charge in [0.25, 0.3) is 5.19 Å². The Bertz CT molecular complexity index is 1090. The summed E-state index contributed by atoms with van der Waals surface area (Å²) in [6.07, 6.45) is 9.15. The number of likely N-dealkylation sites (tertiary alicyclic amines) is 1. The van der Waals surface area contributed by atoms with Gasteiger partial charge in [-0.3, -0.25) is 0 Å². The Morgan fingerprint density at radius 3 is 2.68 bits per heavy atom. The van der Waals surface area contributed by atoms with Gasteiger partial charge in [-0.2, -0.15) is 9.36 Å². The molecule has 0 bridgehead atoms. The van der Waals surface area contributed by atoms with Crippen molar-refractivity contribution >= 4 is 47.3 Å². The molecular formula is C23H22ClFN4OS. The average Bonchev–Trinajstić information content (AvgIpc) is 3.23. The van der Waals surface area contributed by atoms with Crippen LogP contribution >= 0.6 is 23.1 Å². The fourth-order valence-corrected chi connectivity index (χ4v) is 3.94. The molecule has 5 nitrogen and oxygen atoms in total. The van der Waals surface area contributed by atoms with Crippen molar-refractivity contribution in [3.8, 4) is 10.9 Å². The number of benzene rings is 2. The Labute approximate surface area is 190 Å². The van der Waals surface area contributed by atoms with Gasteiger partial charge in [0.05, 0.1) is 17.0 Å². The Hall–Kier alpha value is -2.77. The summed E-state index contributed by atoms with van der Waals surface area (Å²) in [4.78, 5) is 11.2. The zero-order valence-electron chi connectivity index (χ0n) is 17.1. The molecule has 1 saturated heterocycles. The van der Waals surface area contributed by atoms with Crippen LogP contribution in [0.25, 0.3) is 12.2 Å². The first-order chi connectivity index (χ1) is 15.1. The predicted octanol–water partition coefficient (Wildman–Crippen LogP) is 6.75. The minimum atomic E-state index is -0.267. The molecule has 0 amide bonds. The second-order valence-corrected chi connectivity index (χ2v) is 8.44. The monoisotopic (exact) mass is 456 g/mol. The molecule has 1 aromatic heterocycles. The number of aliphatic imine (C=N–C) groups is 1. The number of piperidine rings is 1. The van der Waals surface area contributed by atoms with Crippen LogP contribution in [-0.4, -0.2) is 33.7 Å². The summed E-state index contributed by atoms with van der Waals surface area (Å²) < 4.78 is 23.2. The second-order valence-electron chi connectivity index (χ2n) is 7.32. The third-order valence-electron chi connectivity index (χ3n) is 4.91. The van der Waals surface area contributed by atoms with Crippen molar-refractivity contribution in [2.45, 2.75) is 26.2 Å². The number of hydrogen-bond donors (Lipinski definition) is 0. The van der Waals surface area contributed by atoms with E-state index in [0.717, 1.165) is 41.4 Å². The number of halogens is 2. The molecule has 0 N–H and O–H groups in total. The summed E-state index contributed by atoms with van der Waals surface area (Å²) >= 11 is 7.59. The molecule has 0 atom stereocenters. The van der Waals surface area contributed by atoms with Crippen molar-refractivity contribution in [1.29, 1.82) is 0 Å². The Balaban J connectivity index is 1.42. The van der Waals surface area contributed by atoms with Crippen molar-refractivity contribution in [3.63, 3.8) is 0 Å². The summed E-state index contributed by atoms with van der Waals surface area (Å²) in [6, 6.07) is 9.88. The summed E-state index contributed by atoms with van der Waals surface area (Å²) in [5.74, 6) is 0.875. The van der Waals surface area contributed by atoms with Gasteiger partial charge in [-0.15, -0.1) is 0 Å². The first kappa shape index (κ1) is 21.5. The highest BCUT2D eigenvalue weighted by Crippen LogP contribution is 2.35. The number of aromatic nitrogens is 2. The smallest absolute Gasteiger partial charge is 0.299 e. The average molecular weight is 457 g/mol. The second kappa shape index (κ2) is 10.0. The molecular weight excluding hydrogens is 435 g/mol. The highest BCUT2D eigenvalue weighted by atomic mass is 35.5. The Morgan fingerprint density at radius 1 is 1.13 bits per heavy atom. The number of rotatable bonds is 6. The van der Waals surface area contributed by atoms with Gasteiger partial charge >= 0.3 is 0 Å². The van der Waals surface area contributed by atoms with Crippen LogP contribution < -0.4 is 4.74 Å². The van der Waals surface area contributed by atoms with E-state index in [-0.39, 0.29) is 5.82 Å². The van der Waals surface area contributed by atoms with Crippen LogP contribution in [0.15, 0.2) is 41.4 Å². The van der Waals surface area contributed by atoms with Crippen molar-refractivity contribution in [2.24, 2.45) is 4.99 Å². The molecule has 0 aliphatic carbocycles. The fourth-order valence-electron chi connectivity index (χ4n) is 3.20. The standard InChI is InChI=1S/C23H22ClFN4OS/c1-16-13-20(26-15-29-11-3-2-4-12-29)19(24)14-21(16)30-23-27-22(28-31-23)10-7-17-5-8-18(25)9-6-17/h5-10,13-15H,2-4,11-12H2,1H3/b10-7+,26-15-. The molecule has 8 heteroatoms. The molecule has 0 spiro atoms. The lowest BCUT2D eigenvalue weighted by Crippen LogP contribution is -2.27. The predicted molar refractivity (Wildman–Crippen MR) is 125 cm³/mol. The van der Waals surface area contributed by atoms with Crippen LogP contribution in [0, 0.1) is 12.7 Å². The van der Waals surface area contributed by atoms with Crippen LogP contribution in [-0.2, 0) is 0 Å². The van der Waals surface area contributed by atoms with E-state index in [1.807, 2.05) is 25.4 Å². The first-order valence-electron chi connectivity index (χ1n) is 10.1. The van der Waals surface area contributed by atoms with Gasteiger partial charge < -0.3 is 9.64 Å². The molecule has 0 radical (unpaired) electrons. The molecule has 0 unspecified atom stereocenters. The summed E-state index contributed by atoms with van der Waals surface area (Å²) in [5.41, 5.74) is 2.49. The lowest BCUT2D eigenvalue weighted by atomic mass is 10.1. The fraction of sp³-hybridized carbons (Fsp3) is 0.261. The molecule has 31 heavy (non-hydrogen) atoms. The first-order valence-corrected chi connectivity index (χ1v) is 11.3.